The summed E-state index contributed by atoms with van der Waals surface area (Å²) in [4.78, 5) is 12.5. The van der Waals surface area contributed by atoms with Crippen LogP contribution in [0.1, 0.15) is 12.0 Å². The van der Waals surface area contributed by atoms with Gasteiger partial charge in [0.25, 0.3) is 0 Å². The molecule has 0 saturated carbocycles. The summed E-state index contributed by atoms with van der Waals surface area (Å²) in [6.45, 7) is 2.42. The summed E-state index contributed by atoms with van der Waals surface area (Å²) in [6, 6.07) is 22.6. The van der Waals surface area contributed by atoms with Gasteiger partial charge in [0, 0.05) is 24.2 Å². The van der Waals surface area contributed by atoms with Crippen LogP contribution < -0.4 is 14.8 Å². The monoisotopic (exact) mass is 460 g/mol. The lowest BCUT2D eigenvalue weighted by molar-refractivity contribution is -0.116. The molecule has 4 rings (SSSR count). The number of carbonyl (C=O) groups is 1. The summed E-state index contributed by atoms with van der Waals surface area (Å²) < 4.78 is 13.3. The zero-order valence-corrected chi connectivity index (χ0v) is 19.2. The van der Waals surface area contributed by atoms with Crippen LogP contribution in [0.2, 0.25) is 0 Å². The molecule has 33 heavy (non-hydrogen) atoms. The molecule has 0 bridgehead atoms. The van der Waals surface area contributed by atoms with E-state index >= 15 is 0 Å². The molecule has 8 heteroatoms. The van der Waals surface area contributed by atoms with Crippen LogP contribution in [0.5, 0.6) is 17.2 Å². The van der Waals surface area contributed by atoms with Gasteiger partial charge in [-0.25, -0.2) is 0 Å². The molecule has 4 aromatic rings. The second-order valence-corrected chi connectivity index (χ2v) is 7.86. The first-order valence-electron chi connectivity index (χ1n) is 10.5. The van der Waals surface area contributed by atoms with Crippen molar-refractivity contribution in [3.63, 3.8) is 0 Å². The number of aryl methyl sites for hydroxylation is 1. The Morgan fingerprint density at radius 3 is 2.45 bits per heavy atom. The van der Waals surface area contributed by atoms with E-state index < -0.39 is 0 Å². The summed E-state index contributed by atoms with van der Waals surface area (Å²) in [5.41, 5.74) is 2.71. The number of H-pyrrole nitrogens is 1. The van der Waals surface area contributed by atoms with Gasteiger partial charge in [0.15, 0.2) is 10.6 Å². The topological polar surface area (TPSA) is 81.2 Å². The standard InChI is InChI=1S/C25H24N4O3S/c1-17-4-3-5-22(16-17)32-21-12-8-19(9-13-21)26-23(30)14-15-29-24(27-28-25(29)33)18-6-10-20(31-2)11-7-18/h3-13,16H,14-15H2,1-2H3,(H,26,30)(H,28,33). The Bertz CT molecular complexity index is 1290. The number of hydrogen-bond donors (Lipinski definition) is 2. The number of carbonyl (C=O) groups excluding carboxylic acids is 1. The fourth-order valence-electron chi connectivity index (χ4n) is 3.34. The maximum atomic E-state index is 12.5. The van der Waals surface area contributed by atoms with Crippen molar-refractivity contribution in [2.45, 2.75) is 19.9 Å². The highest BCUT2D eigenvalue weighted by Gasteiger charge is 2.11. The smallest absolute Gasteiger partial charge is 0.226 e. The molecule has 0 atom stereocenters. The lowest BCUT2D eigenvalue weighted by Gasteiger charge is -2.10. The van der Waals surface area contributed by atoms with Crippen molar-refractivity contribution in [2.24, 2.45) is 0 Å². The molecule has 2 N–H and O–H groups in total. The van der Waals surface area contributed by atoms with E-state index in [1.165, 1.54) is 0 Å². The number of aromatic amines is 1. The first-order valence-corrected chi connectivity index (χ1v) is 10.9. The van der Waals surface area contributed by atoms with Crippen molar-refractivity contribution in [1.29, 1.82) is 0 Å². The Kier molecular flexibility index (Phi) is 6.85. The molecule has 0 spiro atoms. The van der Waals surface area contributed by atoms with Crippen LogP contribution in [0.15, 0.2) is 72.8 Å². The predicted molar refractivity (Wildman–Crippen MR) is 130 cm³/mol. The third-order valence-corrected chi connectivity index (χ3v) is 5.34. The summed E-state index contributed by atoms with van der Waals surface area (Å²) in [5.74, 6) is 2.79. The van der Waals surface area contributed by atoms with E-state index in [1.54, 1.807) is 7.11 Å². The molecular formula is C25H24N4O3S. The van der Waals surface area contributed by atoms with Crippen molar-refractivity contribution in [2.75, 3.05) is 12.4 Å². The fraction of sp³-hybridized carbons (Fsp3) is 0.160. The van der Waals surface area contributed by atoms with Gasteiger partial charge in [-0.3, -0.25) is 14.5 Å². The molecule has 0 saturated heterocycles. The third kappa shape index (κ3) is 5.67. The highest BCUT2D eigenvalue weighted by molar-refractivity contribution is 7.71. The number of aromatic nitrogens is 3. The van der Waals surface area contributed by atoms with Gasteiger partial charge in [-0.05, 0) is 85.4 Å². The van der Waals surface area contributed by atoms with Gasteiger partial charge in [0.1, 0.15) is 17.2 Å². The van der Waals surface area contributed by atoms with Gasteiger partial charge in [-0.1, -0.05) is 12.1 Å². The Hall–Kier alpha value is -3.91. The van der Waals surface area contributed by atoms with E-state index in [-0.39, 0.29) is 12.3 Å². The number of nitrogens with zero attached hydrogens (tertiary/aromatic N) is 2. The third-order valence-electron chi connectivity index (χ3n) is 5.03. The van der Waals surface area contributed by atoms with Crippen LogP contribution in [-0.2, 0) is 11.3 Å². The molecular weight excluding hydrogens is 436 g/mol. The van der Waals surface area contributed by atoms with Gasteiger partial charge in [-0.2, -0.15) is 5.10 Å². The average molecular weight is 461 g/mol. The van der Waals surface area contributed by atoms with Crippen molar-refractivity contribution >= 4 is 23.8 Å². The number of anilines is 1. The second kappa shape index (κ2) is 10.1. The number of methoxy groups -OCH3 is 1. The van der Waals surface area contributed by atoms with Gasteiger partial charge in [0.2, 0.25) is 5.91 Å². The van der Waals surface area contributed by atoms with Gasteiger partial charge in [0.05, 0.1) is 7.11 Å². The van der Waals surface area contributed by atoms with Crippen LogP contribution >= 0.6 is 12.2 Å². The second-order valence-electron chi connectivity index (χ2n) is 7.47. The molecule has 0 aliphatic heterocycles. The molecule has 1 heterocycles. The minimum atomic E-state index is -0.119. The zero-order valence-electron chi connectivity index (χ0n) is 18.4. The first kappa shape index (κ1) is 22.3. The van der Waals surface area contributed by atoms with Crippen LogP contribution in [0.4, 0.5) is 5.69 Å². The number of nitrogens with one attached hydrogen (secondary N) is 2. The van der Waals surface area contributed by atoms with Crippen LogP contribution in [-0.4, -0.2) is 27.8 Å². The van der Waals surface area contributed by atoms with E-state index in [9.17, 15) is 4.79 Å². The molecule has 168 valence electrons. The summed E-state index contributed by atoms with van der Waals surface area (Å²) in [5, 5.41) is 10.0. The number of benzene rings is 3. The normalized spacial score (nSPS) is 10.6. The van der Waals surface area contributed by atoms with Crippen LogP contribution in [0, 0.1) is 11.7 Å². The van der Waals surface area contributed by atoms with E-state index in [2.05, 4.69) is 15.5 Å². The first-order chi connectivity index (χ1) is 16.0. The number of rotatable bonds is 8. The molecule has 0 aliphatic rings. The molecule has 0 radical (unpaired) electrons. The highest BCUT2D eigenvalue weighted by Crippen LogP contribution is 2.24. The summed E-state index contributed by atoms with van der Waals surface area (Å²) in [6.07, 6.45) is 0.249. The van der Waals surface area contributed by atoms with Gasteiger partial charge >= 0.3 is 0 Å². The largest absolute Gasteiger partial charge is 0.497 e. The maximum Gasteiger partial charge on any atom is 0.226 e. The quantitative estimate of drug-likeness (QED) is 0.328. The molecule has 0 aliphatic carbocycles. The minimum Gasteiger partial charge on any atom is -0.497 e. The van der Waals surface area contributed by atoms with Gasteiger partial charge in [-0.15, -0.1) is 0 Å². The van der Waals surface area contributed by atoms with Crippen LogP contribution in [0.3, 0.4) is 0 Å². The zero-order chi connectivity index (χ0) is 23.2. The Balaban J connectivity index is 1.36. The van der Waals surface area contributed by atoms with Crippen LogP contribution in [0.25, 0.3) is 11.4 Å². The highest BCUT2D eigenvalue weighted by atomic mass is 32.1. The van der Waals surface area contributed by atoms with E-state index in [4.69, 9.17) is 21.7 Å². The number of ether oxygens (including phenoxy) is 2. The molecule has 7 nitrogen and oxygen atoms in total. The Labute approximate surface area is 197 Å². The van der Waals surface area contributed by atoms with Crippen molar-refractivity contribution in [1.82, 2.24) is 14.8 Å². The van der Waals surface area contributed by atoms with Crippen molar-refractivity contribution in [3.8, 4) is 28.6 Å². The summed E-state index contributed by atoms with van der Waals surface area (Å²) >= 11 is 5.35. The Morgan fingerprint density at radius 1 is 1.03 bits per heavy atom. The lowest BCUT2D eigenvalue weighted by Crippen LogP contribution is -2.15. The Morgan fingerprint density at radius 2 is 1.76 bits per heavy atom. The lowest BCUT2D eigenvalue weighted by atomic mass is 10.2. The summed E-state index contributed by atoms with van der Waals surface area (Å²) in [7, 11) is 1.62. The average Bonchev–Trinajstić information content (AvgIpc) is 3.19. The van der Waals surface area contributed by atoms with E-state index in [0.29, 0.717) is 28.6 Å². The predicted octanol–water partition coefficient (Wildman–Crippen LogP) is 5.75. The number of amides is 1. The molecule has 0 fully saturated rings. The maximum absolute atomic E-state index is 12.5. The van der Waals surface area contributed by atoms with Crippen molar-refractivity contribution in [3.05, 3.63) is 83.1 Å². The van der Waals surface area contributed by atoms with E-state index in [0.717, 1.165) is 22.6 Å². The molecule has 0 unspecified atom stereocenters. The van der Waals surface area contributed by atoms with E-state index in [1.807, 2.05) is 84.3 Å². The molecule has 1 aromatic heterocycles. The molecule has 1 amide bonds. The molecule has 3 aromatic carbocycles. The minimum absolute atomic E-state index is 0.119. The van der Waals surface area contributed by atoms with Crippen molar-refractivity contribution < 1.29 is 14.3 Å². The number of hydrogen-bond acceptors (Lipinski definition) is 5. The fourth-order valence-corrected chi connectivity index (χ4v) is 3.57. The SMILES string of the molecule is COc1ccc(-c2n[nH]c(=S)n2CCC(=O)Nc2ccc(Oc3cccc(C)c3)cc2)cc1. The van der Waals surface area contributed by atoms with Gasteiger partial charge < -0.3 is 14.8 Å².